The van der Waals surface area contributed by atoms with E-state index in [1.54, 1.807) is 0 Å². The Balaban J connectivity index is 2.82. The molecule has 1 rings (SSSR count). The molecule has 0 bridgehead atoms. The van der Waals surface area contributed by atoms with Crippen molar-refractivity contribution in [3.63, 3.8) is 0 Å². The molecule has 0 saturated heterocycles. The Kier molecular flexibility index (Phi) is 5.38. The molecule has 88 valence electrons. The molecule has 0 aliphatic heterocycles. The van der Waals surface area contributed by atoms with Gasteiger partial charge < -0.3 is 10.8 Å². The van der Waals surface area contributed by atoms with Gasteiger partial charge in [-0.3, -0.25) is 4.90 Å². The molecule has 3 N–H and O–H groups in total. The van der Waals surface area contributed by atoms with Crippen LogP contribution >= 0.6 is 12.2 Å². The van der Waals surface area contributed by atoms with Crippen LogP contribution in [0, 0.1) is 0 Å². The second-order valence-electron chi connectivity index (χ2n) is 3.61. The zero-order chi connectivity index (χ0) is 12.0. The molecule has 0 unspecified atom stereocenters. The first-order chi connectivity index (χ1) is 7.69. The van der Waals surface area contributed by atoms with E-state index in [1.165, 1.54) is 0 Å². The molecule has 0 atom stereocenters. The van der Waals surface area contributed by atoms with Crippen molar-refractivity contribution in [2.75, 3.05) is 19.7 Å². The number of nitrogens with two attached hydrogens (primary N) is 1. The van der Waals surface area contributed by atoms with Crippen molar-refractivity contribution in [3.8, 4) is 0 Å². The molecule has 16 heavy (non-hydrogen) atoms. The number of nitrogens with zero attached hydrogens (tertiary/aromatic N) is 1. The maximum atomic E-state index is 8.93. The Bertz CT molecular complexity index is 355. The van der Waals surface area contributed by atoms with Gasteiger partial charge in [0, 0.05) is 18.7 Å². The molecule has 0 fully saturated rings. The molecule has 4 heteroatoms. The lowest BCUT2D eigenvalue weighted by Gasteiger charge is -2.20. The average Bonchev–Trinajstić information content (AvgIpc) is 2.29. The van der Waals surface area contributed by atoms with Gasteiger partial charge in [0.05, 0.1) is 6.61 Å². The molecular weight excluding hydrogens is 220 g/mol. The van der Waals surface area contributed by atoms with Crippen LogP contribution in [0.4, 0.5) is 0 Å². The van der Waals surface area contributed by atoms with E-state index in [9.17, 15) is 0 Å². The van der Waals surface area contributed by atoms with Crippen LogP contribution < -0.4 is 5.73 Å². The van der Waals surface area contributed by atoms with Gasteiger partial charge in [-0.1, -0.05) is 43.4 Å². The van der Waals surface area contributed by atoms with Gasteiger partial charge in [-0.2, -0.15) is 0 Å². The Morgan fingerprint density at radius 1 is 1.44 bits per heavy atom. The van der Waals surface area contributed by atoms with E-state index in [2.05, 4.69) is 11.8 Å². The van der Waals surface area contributed by atoms with Crippen LogP contribution in [0.3, 0.4) is 0 Å². The highest BCUT2D eigenvalue weighted by molar-refractivity contribution is 7.80. The summed E-state index contributed by atoms with van der Waals surface area (Å²) in [5.41, 5.74) is 7.71. The standard InChI is InChI=1S/C12H18N2OS/c1-2-14(7-8-15)9-10-5-3-4-6-11(10)12(13)16/h3-6,15H,2,7-9H2,1H3,(H2,13,16). The van der Waals surface area contributed by atoms with E-state index in [1.807, 2.05) is 24.3 Å². The van der Waals surface area contributed by atoms with E-state index in [0.29, 0.717) is 11.5 Å². The summed E-state index contributed by atoms with van der Waals surface area (Å²) in [5.74, 6) is 0. The van der Waals surface area contributed by atoms with E-state index in [-0.39, 0.29) is 6.61 Å². The van der Waals surface area contributed by atoms with Gasteiger partial charge in [-0.05, 0) is 12.1 Å². The maximum absolute atomic E-state index is 8.93. The highest BCUT2D eigenvalue weighted by Crippen LogP contribution is 2.11. The number of thiocarbonyl (C=S) groups is 1. The summed E-state index contributed by atoms with van der Waals surface area (Å²) < 4.78 is 0. The van der Waals surface area contributed by atoms with E-state index in [0.717, 1.165) is 24.2 Å². The Morgan fingerprint density at radius 2 is 2.12 bits per heavy atom. The zero-order valence-electron chi connectivity index (χ0n) is 9.52. The summed E-state index contributed by atoms with van der Waals surface area (Å²) >= 11 is 5.01. The van der Waals surface area contributed by atoms with Gasteiger partial charge in [0.15, 0.2) is 0 Å². The highest BCUT2D eigenvalue weighted by atomic mass is 32.1. The lowest BCUT2D eigenvalue weighted by Crippen LogP contribution is -2.27. The minimum Gasteiger partial charge on any atom is -0.395 e. The minimum absolute atomic E-state index is 0.170. The Labute approximate surface area is 102 Å². The Hall–Kier alpha value is -0.970. The number of hydrogen-bond donors (Lipinski definition) is 2. The summed E-state index contributed by atoms with van der Waals surface area (Å²) in [5, 5.41) is 8.93. The topological polar surface area (TPSA) is 49.5 Å². The normalized spacial score (nSPS) is 10.7. The fourth-order valence-electron chi connectivity index (χ4n) is 1.63. The van der Waals surface area contributed by atoms with Gasteiger partial charge in [-0.25, -0.2) is 0 Å². The third kappa shape index (κ3) is 3.56. The van der Waals surface area contributed by atoms with Crippen molar-refractivity contribution in [2.45, 2.75) is 13.5 Å². The summed E-state index contributed by atoms with van der Waals surface area (Å²) in [6, 6.07) is 7.86. The zero-order valence-corrected chi connectivity index (χ0v) is 10.3. The van der Waals surface area contributed by atoms with E-state index >= 15 is 0 Å². The van der Waals surface area contributed by atoms with Crippen LogP contribution in [-0.2, 0) is 6.54 Å². The van der Waals surface area contributed by atoms with Crippen LogP contribution in [0.25, 0.3) is 0 Å². The minimum atomic E-state index is 0.170. The number of rotatable bonds is 6. The fourth-order valence-corrected chi connectivity index (χ4v) is 1.83. The molecule has 0 heterocycles. The molecule has 0 saturated carbocycles. The van der Waals surface area contributed by atoms with Gasteiger partial charge in [0.2, 0.25) is 0 Å². The summed E-state index contributed by atoms with van der Waals surface area (Å²) in [6.07, 6.45) is 0. The van der Waals surface area contributed by atoms with Crippen molar-refractivity contribution in [1.82, 2.24) is 4.90 Å². The van der Waals surface area contributed by atoms with Gasteiger partial charge >= 0.3 is 0 Å². The number of aliphatic hydroxyl groups is 1. The highest BCUT2D eigenvalue weighted by Gasteiger charge is 2.08. The number of benzene rings is 1. The molecule has 3 nitrogen and oxygen atoms in total. The number of hydrogen-bond acceptors (Lipinski definition) is 3. The van der Waals surface area contributed by atoms with Crippen molar-refractivity contribution >= 4 is 17.2 Å². The molecule has 0 spiro atoms. The first-order valence-electron chi connectivity index (χ1n) is 5.40. The van der Waals surface area contributed by atoms with Crippen LogP contribution in [0.5, 0.6) is 0 Å². The first-order valence-corrected chi connectivity index (χ1v) is 5.80. The smallest absolute Gasteiger partial charge is 0.104 e. The average molecular weight is 238 g/mol. The van der Waals surface area contributed by atoms with Crippen LogP contribution in [0.15, 0.2) is 24.3 Å². The van der Waals surface area contributed by atoms with E-state index in [4.69, 9.17) is 23.1 Å². The van der Waals surface area contributed by atoms with Crippen molar-refractivity contribution in [3.05, 3.63) is 35.4 Å². The molecule has 0 amide bonds. The predicted molar refractivity (Wildman–Crippen MR) is 70.4 cm³/mol. The monoisotopic (exact) mass is 238 g/mol. The van der Waals surface area contributed by atoms with Crippen molar-refractivity contribution in [1.29, 1.82) is 0 Å². The quantitative estimate of drug-likeness (QED) is 0.730. The van der Waals surface area contributed by atoms with Crippen molar-refractivity contribution in [2.24, 2.45) is 5.73 Å². The fraction of sp³-hybridized carbons (Fsp3) is 0.417. The molecule has 1 aromatic rings. The lowest BCUT2D eigenvalue weighted by molar-refractivity contribution is 0.197. The second-order valence-corrected chi connectivity index (χ2v) is 4.05. The largest absolute Gasteiger partial charge is 0.395 e. The molecule has 0 aliphatic carbocycles. The predicted octanol–water partition coefficient (Wildman–Crippen LogP) is 1.14. The van der Waals surface area contributed by atoms with E-state index < -0.39 is 0 Å². The molecular formula is C12H18N2OS. The first kappa shape index (κ1) is 13.1. The summed E-state index contributed by atoms with van der Waals surface area (Å²) in [4.78, 5) is 2.58. The summed E-state index contributed by atoms with van der Waals surface area (Å²) in [7, 11) is 0. The second kappa shape index (κ2) is 6.58. The van der Waals surface area contributed by atoms with Gasteiger partial charge in [0.1, 0.15) is 4.99 Å². The van der Waals surface area contributed by atoms with Crippen LogP contribution in [-0.4, -0.2) is 34.7 Å². The molecule has 0 radical (unpaired) electrons. The van der Waals surface area contributed by atoms with Crippen LogP contribution in [0.2, 0.25) is 0 Å². The van der Waals surface area contributed by atoms with Crippen LogP contribution in [0.1, 0.15) is 18.1 Å². The Morgan fingerprint density at radius 3 is 2.69 bits per heavy atom. The molecule has 1 aromatic carbocycles. The lowest BCUT2D eigenvalue weighted by atomic mass is 10.1. The molecule has 0 aliphatic rings. The maximum Gasteiger partial charge on any atom is 0.104 e. The third-order valence-corrected chi connectivity index (χ3v) is 2.76. The third-order valence-electron chi connectivity index (χ3n) is 2.54. The van der Waals surface area contributed by atoms with Crippen molar-refractivity contribution < 1.29 is 5.11 Å². The molecule has 0 aromatic heterocycles. The number of likely N-dealkylation sites (N-methyl/N-ethyl adjacent to an activating group) is 1. The summed E-state index contributed by atoms with van der Waals surface area (Å²) in [6.45, 7) is 4.57. The SMILES string of the molecule is CCN(CCO)Cc1ccccc1C(N)=S. The number of aliphatic hydroxyl groups excluding tert-OH is 1. The van der Waals surface area contributed by atoms with Gasteiger partial charge in [-0.15, -0.1) is 0 Å². The van der Waals surface area contributed by atoms with Gasteiger partial charge in [0.25, 0.3) is 0 Å².